The van der Waals surface area contributed by atoms with E-state index in [9.17, 15) is 0 Å². The van der Waals surface area contributed by atoms with Crippen LogP contribution in [-0.4, -0.2) is 16.5 Å². The van der Waals surface area contributed by atoms with E-state index in [-0.39, 0.29) is 0 Å². The molecule has 0 aliphatic rings. The summed E-state index contributed by atoms with van der Waals surface area (Å²) in [4.78, 5) is 7.99. The number of nitrogens with two attached hydrogens (primary N) is 1. The van der Waals surface area contributed by atoms with Crippen LogP contribution in [0.3, 0.4) is 0 Å². The second kappa shape index (κ2) is 5.77. The highest BCUT2D eigenvalue weighted by Gasteiger charge is 2.14. The zero-order valence-electron chi connectivity index (χ0n) is 11.6. The van der Waals surface area contributed by atoms with Crippen molar-refractivity contribution in [1.82, 2.24) is 9.97 Å². The molecule has 0 aliphatic heterocycles. The maximum Gasteiger partial charge on any atom is 0.139 e. The first kappa shape index (κ1) is 13.3. The van der Waals surface area contributed by atoms with Crippen molar-refractivity contribution in [2.75, 3.05) is 6.54 Å². The minimum Gasteiger partial charge on any atom is -0.352 e. The van der Waals surface area contributed by atoms with Crippen LogP contribution in [0.2, 0.25) is 0 Å². The second-order valence-corrected chi connectivity index (χ2v) is 6.01. The van der Waals surface area contributed by atoms with E-state index < -0.39 is 0 Å². The molecule has 0 bridgehead atoms. The number of H-pyrrole nitrogens is 1. The predicted molar refractivity (Wildman–Crippen MR) is 86.1 cm³/mol. The summed E-state index contributed by atoms with van der Waals surface area (Å²) in [5.41, 5.74) is 10.7. The van der Waals surface area contributed by atoms with Gasteiger partial charge in [-0.2, -0.15) is 0 Å². The minimum atomic E-state index is 0.758. The first-order chi connectivity index (χ1) is 9.79. The SMILES string of the molecule is Cc1ccc2[nH]c(-c3nccs3)c(CCCCN)c2c1. The van der Waals surface area contributed by atoms with Gasteiger partial charge in [0.05, 0.1) is 5.69 Å². The summed E-state index contributed by atoms with van der Waals surface area (Å²) in [6.07, 6.45) is 5.10. The Hall–Kier alpha value is -1.65. The van der Waals surface area contributed by atoms with E-state index in [1.165, 1.54) is 27.7 Å². The van der Waals surface area contributed by atoms with Crippen LogP contribution >= 0.6 is 11.3 Å². The third kappa shape index (κ3) is 2.49. The standard InChI is InChI=1S/C16H19N3S/c1-11-5-6-14-13(10-11)12(4-2-3-7-17)15(19-14)16-18-8-9-20-16/h5-6,8-10,19H,2-4,7,17H2,1H3. The molecule has 0 unspecified atom stereocenters. The molecule has 1 aromatic carbocycles. The number of aromatic amines is 1. The number of rotatable bonds is 5. The monoisotopic (exact) mass is 285 g/mol. The Morgan fingerprint density at radius 1 is 1.30 bits per heavy atom. The number of benzene rings is 1. The lowest BCUT2D eigenvalue weighted by atomic mass is 10.0. The highest BCUT2D eigenvalue weighted by atomic mass is 32.1. The zero-order chi connectivity index (χ0) is 13.9. The van der Waals surface area contributed by atoms with Gasteiger partial charge in [0, 0.05) is 22.5 Å². The molecule has 0 saturated heterocycles. The number of nitrogens with one attached hydrogen (secondary N) is 1. The van der Waals surface area contributed by atoms with Gasteiger partial charge >= 0.3 is 0 Å². The van der Waals surface area contributed by atoms with Crippen molar-refractivity contribution < 1.29 is 0 Å². The summed E-state index contributed by atoms with van der Waals surface area (Å²) in [6, 6.07) is 6.57. The maximum absolute atomic E-state index is 5.62. The molecule has 0 saturated carbocycles. The molecule has 0 atom stereocenters. The van der Waals surface area contributed by atoms with Crippen molar-refractivity contribution in [3.63, 3.8) is 0 Å². The van der Waals surface area contributed by atoms with Gasteiger partial charge in [-0.25, -0.2) is 4.98 Å². The van der Waals surface area contributed by atoms with Crippen LogP contribution in [0.4, 0.5) is 0 Å². The van der Waals surface area contributed by atoms with Gasteiger partial charge in [-0.3, -0.25) is 0 Å². The van der Waals surface area contributed by atoms with E-state index in [0.717, 1.165) is 30.8 Å². The number of aromatic nitrogens is 2. The van der Waals surface area contributed by atoms with Crippen LogP contribution in [0.25, 0.3) is 21.6 Å². The highest BCUT2D eigenvalue weighted by Crippen LogP contribution is 2.33. The molecule has 2 aromatic heterocycles. The van der Waals surface area contributed by atoms with Crippen molar-refractivity contribution in [1.29, 1.82) is 0 Å². The molecule has 0 fully saturated rings. The second-order valence-electron chi connectivity index (χ2n) is 5.11. The van der Waals surface area contributed by atoms with Crippen LogP contribution in [0, 0.1) is 6.92 Å². The molecule has 104 valence electrons. The molecule has 3 rings (SSSR count). The molecule has 0 spiro atoms. The number of aryl methyl sites for hydroxylation is 2. The van der Waals surface area contributed by atoms with E-state index in [2.05, 4.69) is 35.1 Å². The van der Waals surface area contributed by atoms with Gasteiger partial charge in [-0.05, 0) is 50.4 Å². The Balaban J connectivity index is 2.10. The Kier molecular flexibility index (Phi) is 3.85. The van der Waals surface area contributed by atoms with E-state index >= 15 is 0 Å². The molecule has 2 heterocycles. The molecular weight excluding hydrogens is 266 g/mol. The Morgan fingerprint density at radius 3 is 2.95 bits per heavy atom. The Morgan fingerprint density at radius 2 is 2.20 bits per heavy atom. The lowest BCUT2D eigenvalue weighted by Gasteiger charge is -2.03. The van der Waals surface area contributed by atoms with E-state index in [4.69, 9.17) is 5.73 Å². The fourth-order valence-electron chi connectivity index (χ4n) is 2.60. The smallest absolute Gasteiger partial charge is 0.139 e. The summed E-state index contributed by atoms with van der Waals surface area (Å²) in [5, 5.41) is 4.42. The summed E-state index contributed by atoms with van der Waals surface area (Å²) >= 11 is 1.68. The number of thiazole rings is 1. The number of unbranched alkanes of at least 4 members (excludes halogenated alkanes) is 1. The van der Waals surface area contributed by atoms with Gasteiger partial charge < -0.3 is 10.7 Å². The largest absolute Gasteiger partial charge is 0.352 e. The van der Waals surface area contributed by atoms with Crippen LogP contribution in [-0.2, 0) is 6.42 Å². The van der Waals surface area contributed by atoms with Crippen molar-refractivity contribution in [3.05, 3.63) is 40.9 Å². The molecule has 3 N–H and O–H groups in total. The van der Waals surface area contributed by atoms with Gasteiger partial charge in [-0.1, -0.05) is 11.6 Å². The average molecular weight is 285 g/mol. The summed E-state index contributed by atoms with van der Waals surface area (Å²) < 4.78 is 0. The zero-order valence-corrected chi connectivity index (χ0v) is 12.5. The van der Waals surface area contributed by atoms with Gasteiger partial charge in [-0.15, -0.1) is 11.3 Å². The van der Waals surface area contributed by atoms with Crippen LogP contribution in [0.15, 0.2) is 29.8 Å². The van der Waals surface area contributed by atoms with E-state index in [0.29, 0.717) is 0 Å². The van der Waals surface area contributed by atoms with E-state index in [1.807, 2.05) is 11.6 Å². The number of nitrogens with zero attached hydrogens (tertiary/aromatic N) is 1. The van der Waals surface area contributed by atoms with E-state index in [1.54, 1.807) is 11.3 Å². The third-order valence-electron chi connectivity index (χ3n) is 3.59. The van der Waals surface area contributed by atoms with Gasteiger partial charge in [0.25, 0.3) is 0 Å². The van der Waals surface area contributed by atoms with Crippen molar-refractivity contribution in [2.24, 2.45) is 5.73 Å². The Labute approximate surface area is 122 Å². The lowest BCUT2D eigenvalue weighted by molar-refractivity contribution is 0.748. The minimum absolute atomic E-state index is 0.758. The van der Waals surface area contributed by atoms with Crippen LogP contribution in [0.5, 0.6) is 0 Å². The molecule has 4 heteroatoms. The molecule has 3 aromatic rings. The van der Waals surface area contributed by atoms with Crippen LogP contribution in [0.1, 0.15) is 24.0 Å². The van der Waals surface area contributed by atoms with Gasteiger partial charge in [0.1, 0.15) is 5.01 Å². The summed E-state index contributed by atoms with van der Waals surface area (Å²) in [5.74, 6) is 0. The predicted octanol–water partition coefficient (Wildman–Crippen LogP) is 3.88. The van der Waals surface area contributed by atoms with Crippen molar-refractivity contribution in [3.8, 4) is 10.7 Å². The topological polar surface area (TPSA) is 54.7 Å². The van der Waals surface area contributed by atoms with Crippen molar-refractivity contribution in [2.45, 2.75) is 26.2 Å². The highest BCUT2D eigenvalue weighted by molar-refractivity contribution is 7.13. The third-order valence-corrected chi connectivity index (χ3v) is 4.38. The quantitative estimate of drug-likeness (QED) is 0.699. The first-order valence-corrected chi connectivity index (χ1v) is 7.88. The molecule has 0 amide bonds. The van der Waals surface area contributed by atoms with Crippen LogP contribution < -0.4 is 5.73 Å². The molecule has 20 heavy (non-hydrogen) atoms. The van der Waals surface area contributed by atoms with Crippen molar-refractivity contribution >= 4 is 22.2 Å². The van der Waals surface area contributed by atoms with Gasteiger partial charge in [0.2, 0.25) is 0 Å². The number of fused-ring (bicyclic) bond motifs is 1. The molecule has 3 nitrogen and oxygen atoms in total. The normalized spacial score (nSPS) is 11.3. The fraction of sp³-hybridized carbons (Fsp3) is 0.312. The molecular formula is C16H19N3S. The fourth-order valence-corrected chi connectivity index (χ4v) is 3.26. The van der Waals surface area contributed by atoms with Gasteiger partial charge in [0.15, 0.2) is 0 Å². The first-order valence-electron chi connectivity index (χ1n) is 7.00. The number of hydrogen-bond donors (Lipinski definition) is 2. The molecule has 0 radical (unpaired) electrons. The maximum atomic E-state index is 5.62. The number of hydrogen-bond acceptors (Lipinski definition) is 3. The molecule has 0 aliphatic carbocycles. The summed E-state index contributed by atoms with van der Waals surface area (Å²) in [6.45, 7) is 2.90. The average Bonchev–Trinajstić information content (AvgIpc) is 3.07. The lowest BCUT2D eigenvalue weighted by Crippen LogP contribution is -1.99. The Bertz CT molecular complexity index is 698. The summed E-state index contributed by atoms with van der Waals surface area (Å²) in [7, 11) is 0.